The summed E-state index contributed by atoms with van der Waals surface area (Å²) in [5, 5.41) is 0. The van der Waals surface area contributed by atoms with Crippen LogP contribution in [0, 0.1) is 0 Å². The van der Waals surface area contributed by atoms with Crippen LogP contribution >= 0.6 is 0 Å². The molecule has 3 nitrogen and oxygen atoms in total. The van der Waals surface area contributed by atoms with Gasteiger partial charge in [0.15, 0.2) is 0 Å². The second-order valence-corrected chi connectivity index (χ2v) is 2.87. The standard InChI is InChI=1S/C9H20N2O/c1-3-8-11(4-2)9(12)6-5-7-10/h3-8,10H2,1-2H3. The first-order valence-electron chi connectivity index (χ1n) is 4.74. The van der Waals surface area contributed by atoms with Gasteiger partial charge >= 0.3 is 0 Å². The van der Waals surface area contributed by atoms with Crippen molar-refractivity contribution in [3.63, 3.8) is 0 Å². The van der Waals surface area contributed by atoms with E-state index < -0.39 is 0 Å². The zero-order valence-corrected chi connectivity index (χ0v) is 8.18. The van der Waals surface area contributed by atoms with E-state index in [0.29, 0.717) is 13.0 Å². The molecular weight excluding hydrogens is 152 g/mol. The number of hydrogen-bond donors (Lipinski definition) is 1. The highest BCUT2D eigenvalue weighted by atomic mass is 16.2. The normalized spacial score (nSPS) is 9.92. The number of carbonyl (C=O) groups excluding carboxylic acids is 1. The van der Waals surface area contributed by atoms with Crippen molar-refractivity contribution in [2.75, 3.05) is 19.6 Å². The molecule has 12 heavy (non-hydrogen) atoms. The number of nitrogens with two attached hydrogens (primary N) is 1. The van der Waals surface area contributed by atoms with Gasteiger partial charge in [0.05, 0.1) is 0 Å². The fourth-order valence-corrected chi connectivity index (χ4v) is 1.14. The first kappa shape index (κ1) is 11.4. The first-order valence-corrected chi connectivity index (χ1v) is 4.74. The van der Waals surface area contributed by atoms with Crippen molar-refractivity contribution in [3.05, 3.63) is 0 Å². The van der Waals surface area contributed by atoms with Gasteiger partial charge in [0, 0.05) is 19.5 Å². The fourth-order valence-electron chi connectivity index (χ4n) is 1.14. The topological polar surface area (TPSA) is 46.3 Å². The van der Waals surface area contributed by atoms with E-state index in [1.807, 2.05) is 11.8 Å². The summed E-state index contributed by atoms with van der Waals surface area (Å²) in [5.41, 5.74) is 5.32. The predicted octanol–water partition coefficient (Wildman–Crippen LogP) is 0.984. The number of amides is 1. The third-order valence-corrected chi connectivity index (χ3v) is 1.82. The zero-order valence-electron chi connectivity index (χ0n) is 8.18. The molecule has 0 aliphatic carbocycles. The molecule has 72 valence electrons. The van der Waals surface area contributed by atoms with Crippen molar-refractivity contribution in [2.45, 2.75) is 33.1 Å². The smallest absolute Gasteiger partial charge is 0.222 e. The van der Waals surface area contributed by atoms with Crippen LogP contribution < -0.4 is 5.73 Å². The molecule has 0 aromatic heterocycles. The van der Waals surface area contributed by atoms with Crippen LogP contribution in [0.1, 0.15) is 33.1 Å². The molecular formula is C9H20N2O. The second-order valence-electron chi connectivity index (χ2n) is 2.87. The summed E-state index contributed by atoms with van der Waals surface area (Å²) in [6, 6.07) is 0. The number of carbonyl (C=O) groups is 1. The van der Waals surface area contributed by atoms with Crippen LogP contribution in [0.5, 0.6) is 0 Å². The Morgan fingerprint density at radius 3 is 2.50 bits per heavy atom. The Bertz CT molecular complexity index is 126. The van der Waals surface area contributed by atoms with E-state index in [1.165, 1.54) is 0 Å². The van der Waals surface area contributed by atoms with Gasteiger partial charge in [-0.1, -0.05) is 6.92 Å². The van der Waals surface area contributed by atoms with Gasteiger partial charge in [0.2, 0.25) is 5.91 Å². The van der Waals surface area contributed by atoms with E-state index in [0.717, 1.165) is 25.9 Å². The summed E-state index contributed by atoms with van der Waals surface area (Å²) in [6.45, 7) is 6.39. The zero-order chi connectivity index (χ0) is 9.40. The Kier molecular flexibility index (Phi) is 6.76. The Morgan fingerprint density at radius 1 is 1.42 bits per heavy atom. The Labute approximate surface area is 74.9 Å². The Balaban J connectivity index is 3.69. The van der Waals surface area contributed by atoms with Crippen LogP contribution in [0.3, 0.4) is 0 Å². The highest BCUT2D eigenvalue weighted by molar-refractivity contribution is 5.76. The van der Waals surface area contributed by atoms with Crippen molar-refractivity contribution in [1.29, 1.82) is 0 Å². The molecule has 3 heteroatoms. The Hall–Kier alpha value is -0.570. The SMILES string of the molecule is CCCN(CC)C(=O)CCCN. The van der Waals surface area contributed by atoms with Crippen LogP contribution in [0.25, 0.3) is 0 Å². The lowest BCUT2D eigenvalue weighted by Crippen LogP contribution is -2.31. The van der Waals surface area contributed by atoms with Gasteiger partial charge in [0.25, 0.3) is 0 Å². The highest BCUT2D eigenvalue weighted by Crippen LogP contribution is 1.97. The predicted molar refractivity (Wildman–Crippen MR) is 50.8 cm³/mol. The van der Waals surface area contributed by atoms with E-state index in [4.69, 9.17) is 5.73 Å². The molecule has 0 bridgehead atoms. The average molecular weight is 172 g/mol. The van der Waals surface area contributed by atoms with Gasteiger partial charge in [-0.15, -0.1) is 0 Å². The van der Waals surface area contributed by atoms with E-state index in [1.54, 1.807) is 0 Å². The summed E-state index contributed by atoms with van der Waals surface area (Å²) < 4.78 is 0. The molecule has 2 N–H and O–H groups in total. The lowest BCUT2D eigenvalue weighted by atomic mass is 10.2. The van der Waals surface area contributed by atoms with Gasteiger partial charge in [0.1, 0.15) is 0 Å². The number of nitrogens with zero attached hydrogens (tertiary/aromatic N) is 1. The molecule has 0 aliphatic rings. The average Bonchev–Trinajstić information content (AvgIpc) is 2.10. The highest BCUT2D eigenvalue weighted by Gasteiger charge is 2.08. The summed E-state index contributed by atoms with van der Waals surface area (Å²) in [5.74, 6) is 0.241. The number of hydrogen-bond acceptors (Lipinski definition) is 2. The van der Waals surface area contributed by atoms with E-state index in [9.17, 15) is 4.79 Å². The molecule has 0 spiro atoms. The third kappa shape index (κ3) is 4.34. The monoisotopic (exact) mass is 172 g/mol. The van der Waals surface area contributed by atoms with Crippen molar-refractivity contribution in [3.8, 4) is 0 Å². The van der Waals surface area contributed by atoms with Crippen molar-refractivity contribution >= 4 is 5.91 Å². The molecule has 0 atom stereocenters. The molecule has 0 aliphatic heterocycles. The number of rotatable bonds is 6. The van der Waals surface area contributed by atoms with Crippen molar-refractivity contribution < 1.29 is 4.79 Å². The van der Waals surface area contributed by atoms with Crippen molar-refractivity contribution in [2.24, 2.45) is 5.73 Å². The lowest BCUT2D eigenvalue weighted by Gasteiger charge is -2.19. The molecule has 0 rings (SSSR count). The molecule has 0 saturated heterocycles. The van der Waals surface area contributed by atoms with Gasteiger partial charge in [-0.05, 0) is 26.3 Å². The minimum atomic E-state index is 0.241. The molecule has 0 radical (unpaired) electrons. The quantitative estimate of drug-likeness (QED) is 0.649. The van der Waals surface area contributed by atoms with Crippen LogP contribution in [-0.2, 0) is 4.79 Å². The molecule has 0 fully saturated rings. The van der Waals surface area contributed by atoms with Gasteiger partial charge in [-0.2, -0.15) is 0 Å². The molecule has 0 saturated carbocycles. The van der Waals surface area contributed by atoms with Crippen molar-refractivity contribution in [1.82, 2.24) is 4.90 Å². The molecule has 0 aromatic carbocycles. The molecule has 1 amide bonds. The molecule has 0 unspecified atom stereocenters. The maximum Gasteiger partial charge on any atom is 0.222 e. The molecule has 0 heterocycles. The first-order chi connectivity index (χ1) is 5.76. The third-order valence-electron chi connectivity index (χ3n) is 1.82. The maximum absolute atomic E-state index is 11.4. The molecule has 0 aromatic rings. The van der Waals surface area contributed by atoms with Gasteiger partial charge in [-0.3, -0.25) is 4.79 Å². The van der Waals surface area contributed by atoms with E-state index in [-0.39, 0.29) is 5.91 Å². The summed E-state index contributed by atoms with van der Waals surface area (Å²) >= 11 is 0. The van der Waals surface area contributed by atoms with Crippen LogP contribution in [0.2, 0.25) is 0 Å². The minimum absolute atomic E-state index is 0.241. The minimum Gasteiger partial charge on any atom is -0.343 e. The summed E-state index contributed by atoms with van der Waals surface area (Å²) in [7, 11) is 0. The second kappa shape index (κ2) is 7.10. The van der Waals surface area contributed by atoms with E-state index >= 15 is 0 Å². The summed E-state index contributed by atoms with van der Waals surface area (Å²) in [4.78, 5) is 13.3. The van der Waals surface area contributed by atoms with E-state index in [2.05, 4.69) is 6.92 Å². The van der Waals surface area contributed by atoms with Gasteiger partial charge in [-0.25, -0.2) is 0 Å². The van der Waals surface area contributed by atoms with Crippen LogP contribution in [-0.4, -0.2) is 30.4 Å². The Morgan fingerprint density at radius 2 is 2.08 bits per heavy atom. The summed E-state index contributed by atoms with van der Waals surface area (Å²) in [6.07, 6.45) is 2.44. The fraction of sp³-hybridized carbons (Fsp3) is 0.889. The van der Waals surface area contributed by atoms with Gasteiger partial charge < -0.3 is 10.6 Å². The van der Waals surface area contributed by atoms with Crippen LogP contribution in [0.4, 0.5) is 0 Å². The maximum atomic E-state index is 11.4. The largest absolute Gasteiger partial charge is 0.343 e. The lowest BCUT2D eigenvalue weighted by molar-refractivity contribution is -0.131. The van der Waals surface area contributed by atoms with Crippen LogP contribution in [0.15, 0.2) is 0 Å².